The lowest BCUT2D eigenvalue weighted by Crippen LogP contribution is -2.49. The van der Waals surface area contributed by atoms with Crippen LogP contribution in [0.5, 0.6) is 0 Å². The Bertz CT molecular complexity index is 2410. The molecule has 6 heterocycles. The van der Waals surface area contributed by atoms with E-state index in [1.165, 1.54) is 0 Å². The van der Waals surface area contributed by atoms with Gasteiger partial charge in [-0.05, 0) is 98.6 Å². The van der Waals surface area contributed by atoms with Crippen molar-refractivity contribution in [2.24, 2.45) is 0 Å². The standard InChI is InChI=1S/C54H62N8O4/c1-53(65)25-31-59(32-26-53)47(41-11-5-3-6-12-41)51(63)61-29-9-15-45(61)49-55-35-43(57-49)39-21-17-37(18-22-39)38-19-23-40(24-20-38)44-36-56-50(58-44)46-16-10-30-62(46)52(64)48(42-13-7-4-8-14-42)60-33-27-54(2,66)28-34-60/h3-8,11-14,17-24,35-36,45-48,65-66H,9-10,15-16,25-34H2,1-2H3,(H,55,57)(H,56,58). The van der Waals surface area contributed by atoms with Gasteiger partial charge in [0.25, 0.3) is 0 Å². The summed E-state index contributed by atoms with van der Waals surface area (Å²) in [5.74, 6) is 1.81. The molecule has 0 radical (unpaired) electrons. The second-order valence-corrected chi connectivity index (χ2v) is 19.6. The van der Waals surface area contributed by atoms with Gasteiger partial charge in [-0.2, -0.15) is 0 Å². The number of carbonyl (C=O) groups excluding carboxylic acids is 2. The largest absolute Gasteiger partial charge is 0.390 e. The quantitative estimate of drug-likeness (QED) is 0.101. The van der Waals surface area contributed by atoms with Crippen molar-refractivity contribution >= 4 is 11.8 Å². The Kier molecular flexibility index (Phi) is 12.2. The number of likely N-dealkylation sites (tertiary alicyclic amines) is 4. The molecule has 0 bridgehead atoms. The molecule has 4 aliphatic rings. The number of aromatic amines is 2. The Morgan fingerprint density at radius 3 is 1.24 bits per heavy atom. The number of amides is 2. The fraction of sp³-hybridized carbons (Fsp3) is 0.407. The molecule has 4 saturated heterocycles. The molecule has 0 saturated carbocycles. The van der Waals surface area contributed by atoms with Crippen LogP contribution < -0.4 is 0 Å². The van der Waals surface area contributed by atoms with Crippen molar-refractivity contribution in [2.75, 3.05) is 39.3 Å². The highest BCUT2D eigenvalue weighted by Crippen LogP contribution is 2.40. The van der Waals surface area contributed by atoms with Crippen LogP contribution in [0.2, 0.25) is 0 Å². The smallest absolute Gasteiger partial charge is 0.245 e. The summed E-state index contributed by atoms with van der Waals surface area (Å²) in [5, 5.41) is 21.3. The molecule has 4 fully saturated rings. The fourth-order valence-electron chi connectivity index (χ4n) is 10.8. The van der Waals surface area contributed by atoms with Crippen LogP contribution in [0.1, 0.15) is 112 Å². The van der Waals surface area contributed by atoms with Gasteiger partial charge in [0, 0.05) is 39.3 Å². The van der Waals surface area contributed by atoms with Crippen LogP contribution >= 0.6 is 0 Å². The van der Waals surface area contributed by atoms with Crippen LogP contribution in [-0.2, 0) is 9.59 Å². The van der Waals surface area contributed by atoms with E-state index in [2.05, 4.69) is 68.3 Å². The average Bonchev–Trinajstić information content (AvgIpc) is 4.19. The molecule has 4 N–H and O–H groups in total. The number of benzene rings is 4. The second-order valence-electron chi connectivity index (χ2n) is 19.6. The SMILES string of the molecule is CC1(O)CCN(C(C(=O)N2CCCC2c2ncc(-c3ccc(-c4ccc(-c5cnc(C6CCCN6C(=O)C(c6ccccc6)N6CCC(C)(O)CC6)[nH]5)cc4)cc3)[nH]2)c2ccccc2)CC1. The van der Waals surface area contributed by atoms with Gasteiger partial charge < -0.3 is 30.0 Å². The van der Waals surface area contributed by atoms with Crippen molar-refractivity contribution in [2.45, 2.75) is 101 Å². The maximum atomic E-state index is 14.5. The maximum Gasteiger partial charge on any atom is 0.245 e. The maximum absolute atomic E-state index is 14.5. The van der Waals surface area contributed by atoms with Crippen molar-refractivity contribution in [3.05, 3.63) is 144 Å². The number of carbonyl (C=O) groups is 2. The number of aliphatic hydroxyl groups is 2. The molecule has 0 spiro atoms. The van der Waals surface area contributed by atoms with Crippen LogP contribution in [-0.4, -0.2) is 112 Å². The Morgan fingerprint density at radius 2 is 0.879 bits per heavy atom. The molecule has 0 aliphatic carbocycles. The Hall–Kier alpha value is -5.92. The third-order valence-electron chi connectivity index (χ3n) is 14.8. The first-order chi connectivity index (χ1) is 32.0. The Morgan fingerprint density at radius 1 is 0.530 bits per heavy atom. The van der Waals surface area contributed by atoms with Gasteiger partial charge in [-0.15, -0.1) is 0 Å². The molecule has 2 amide bonds. The fourth-order valence-corrected chi connectivity index (χ4v) is 10.8. The molecule has 6 aromatic rings. The zero-order chi connectivity index (χ0) is 45.4. The number of H-pyrrole nitrogens is 2. The first-order valence-corrected chi connectivity index (χ1v) is 24.0. The molecule has 4 aliphatic heterocycles. The van der Waals surface area contributed by atoms with Gasteiger partial charge in [-0.3, -0.25) is 19.4 Å². The van der Waals surface area contributed by atoms with Crippen molar-refractivity contribution in [3.63, 3.8) is 0 Å². The summed E-state index contributed by atoms with van der Waals surface area (Å²) in [6.07, 6.45) is 9.84. The van der Waals surface area contributed by atoms with Gasteiger partial charge in [-0.25, -0.2) is 9.97 Å². The highest BCUT2D eigenvalue weighted by molar-refractivity contribution is 5.85. The second kappa shape index (κ2) is 18.4. The minimum absolute atomic E-state index is 0.0947. The van der Waals surface area contributed by atoms with Crippen molar-refractivity contribution in [1.82, 2.24) is 39.5 Å². The zero-order valence-electron chi connectivity index (χ0n) is 38.2. The van der Waals surface area contributed by atoms with E-state index in [0.717, 1.165) is 82.1 Å². The average molecular weight is 887 g/mol. The number of piperidine rings is 2. The van der Waals surface area contributed by atoms with Gasteiger partial charge in [0.1, 0.15) is 23.7 Å². The monoisotopic (exact) mass is 886 g/mol. The number of rotatable bonds is 11. The molecule has 12 heteroatoms. The first-order valence-electron chi connectivity index (χ1n) is 24.0. The van der Waals surface area contributed by atoms with E-state index in [9.17, 15) is 19.8 Å². The van der Waals surface area contributed by atoms with Crippen LogP contribution in [0.25, 0.3) is 33.6 Å². The van der Waals surface area contributed by atoms with E-state index in [0.29, 0.717) is 65.0 Å². The summed E-state index contributed by atoms with van der Waals surface area (Å²) in [7, 11) is 0. The molecule has 342 valence electrons. The Labute approximate surface area is 387 Å². The molecular weight excluding hydrogens is 825 g/mol. The Balaban J connectivity index is 0.800. The first kappa shape index (κ1) is 43.9. The van der Waals surface area contributed by atoms with Crippen LogP contribution in [0, 0.1) is 0 Å². The van der Waals surface area contributed by atoms with E-state index in [1.54, 1.807) is 0 Å². The number of imidazole rings is 2. The van der Waals surface area contributed by atoms with Gasteiger partial charge in [0.05, 0.1) is 47.1 Å². The van der Waals surface area contributed by atoms with Crippen LogP contribution in [0.3, 0.4) is 0 Å². The third-order valence-corrected chi connectivity index (χ3v) is 14.8. The van der Waals surface area contributed by atoms with Crippen LogP contribution in [0.4, 0.5) is 0 Å². The molecule has 4 aromatic carbocycles. The molecule has 12 nitrogen and oxygen atoms in total. The minimum Gasteiger partial charge on any atom is -0.390 e. The summed E-state index contributed by atoms with van der Waals surface area (Å²) < 4.78 is 0. The number of nitrogens with zero attached hydrogens (tertiary/aromatic N) is 6. The zero-order valence-corrected chi connectivity index (χ0v) is 38.2. The molecule has 4 atom stereocenters. The summed E-state index contributed by atoms with van der Waals surface area (Å²) in [6.45, 7) is 7.82. The van der Waals surface area contributed by atoms with Gasteiger partial charge in [0.2, 0.25) is 11.8 Å². The molecule has 10 rings (SSSR count). The van der Waals surface area contributed by atoms with Crippen molar-refractivity contribution in [3.8, 4) is 33.6 Å². The molecule has 2 aromatic heterocycles. The normalized spacial score (nSPS) is 22.1. The van der Waals surface area contributed by atoms with E-state index in [-0.39, 0.29) is 23.9 Å². The minimum atomic E-state index is -0.700. The van der Waals surface area contributed by atoms with E-state index >= 15 is 0 Å². The number of hydrogen-bond donors (Lipinski definition) is 4. The lowest BCUT2D eigenvalue weighted by molar-refractivity contribution is -0.141. The summed E-state index contributed by atoms with van der Waals surface area (Å²) >= 11 is 0. The lowest BCUT2D eigenvalue weighted by atomic mass is 9.91. The highest BCUT2D eigenvalue weighted by atomic mass is 16.3. The predicted molar refractivity (Wildman–Crippen MR) is 256 cm³/mol. The molecular formula is C54H62N8O4. The van der Waals surface area contributed by atoms with Crippen molar-refractivity contribution in [1.29, 1.82) is 0 Å². The molecule has 4 unspecified atom stereocenters. The topological polar surface area (TPSA) is 145 Å². The molecule has 66 heavy (non-hydrogen) atoms. The number of hydrogen-bond acceptors (Lipinski definition) is 8. The summed E-state index contributed by atoms with van der Waals surface area (Å²) in [5.41, 5.74) is 6.64. The number of nitrogens with one attached hydrogen (secondary N) is 2. The summed E-state index contributed by atoms with van der Waals surface area (Å²) in [4.78, 5) is 54.4. The number of aromatic nitrogens is 4. The van der Waals surface area contributed by atoms with Gasteiger partial charge in [-0.1, -0.05) is 109 Å². The van der Waals surface area contributed by atoms with E-state index in [1.807, 2.05) is 96.7 Å². The van der Waals surface area contributed by atoms with E-state index in [4.69, 9.17) is 9.97 Å². The van der Waals surface area contributed by atoms with Gasteiger partial charge >= 0.3 is 0 Å². The van der Waals surface area contributed by atoms with E-state index < -0.39 is 23.3 Å². The van der Waals surface area contributed by atoms with Crippen molar-refractivity contribution < 1.29 is 19.8 Å². The van der Waals surface area contributed by atoms with Gasteiger partial charge in [0.15, 0.2) is 0 Å². The predicted octanol–water partition coefficient (Wildman–Crippen LogP) is 8.64. The lowest BCUT2D eigenvalue weighted by Gasteiger charge is -2.41. The summed E-state index contributed by atoms with van der Waals surface area (Å²) in [6, 6.07) is 36.0. The van der Waals surface area contributed by atoms with Crippen LogP contribution in [0.15, 0.2) is 122 Å². The highest BCUT2D eigenvalue weighted by Gasteiger charge is 2.42. The third kappa shape index (κ3) is 9.12.